The van der Waals surface area contributed by atoms with E-state index in [4.69, 9.17) is 0 Å². The lowest BCUT2D eigenvalue weighted by atomic mass is 11.8. The van der Waals surface area contributed by atoms with Crippen LogP contribution in [-0.2, 0) is 9.84 Å². The molecule has 0 amide bonds. The van der Waals surface area contributed by atoms with E-state index in [2.05, 4.69) is 6.26 Å². The van der Waals surface area contributed by atoms with Gasteiger partial charge in [-0.25, -0.2) is 10.6 Å². The average molecular weight is 111 g/mol. The summed E-state index contributed by atoms with van der Waals surface area (Å²) in [6.45, 7) is 0. The zero-order valence-electron chi connectivity index (χ0n) is 3.02. The van der Waals surface area contributed by atoms with Crippen molar-refractivity contribution in [1.82, 2.24) is 0 Å². The summed E-state index contributed by atoms with van der Waals surface area (Å²) in [5.74, 6) is 0. The molecule has 0 aliphatic heterocycles. The van der Waals surface area contributed by atoms with Crippen molar-refractivity contribution in [1.29, 1.82) is 0 Å². The van der Waals surface area contributed by atoms with Crippen LogP contribution in [0.5, 0.6) is 0 Å². The summed E-state index contributed by atoms with van der Waals surface area (Å²) < 4.78 is 29.9. The minimum Gasteiger partial charge on any atom is -0.260 e. The molecule has 0 saturated heterocycles. The van der Waals surface area contributed by atoms with E-state index < -0.39 is 15.8 Å². The fourth-order valence-electron chi connectivity index (χ4n) is 0. The van der Waals surface area contributed by atoms with Crippen LogP contribution in [0.4, 0.5) is 4.39 Å². The SMILES string of the molecule is [CH2-]S(=O)(=O)CF. The second-order valence-corrected chi connectivity index (χ2v) is 2.56. The predicted molar refractivity (Wildman–Crippen MR) is 20.3 cm³/mol. The summed E-state index contributed by atoms with van der Waals surface area (Å²) in [5.41, 5.74) is 0. The Hall–Kier alpha value is -0.120. The lowest BCUT2D eigenvalue weighted by Crippen LogP contribution is -1.91. The lowest BCUT2D eigenvalue weighted by Gasteiger charge is -1.87. The van der Waals surface area contributed by atoms with Crippen molar-refractivity contribution in [2.45, 2.75) is 0 Å². The van der Waals surface area contributed by atoms with Gasteiger partial charge in [-0.05, 0) is 0 Å². The van der Waals surface area contributed by atoms with Crippen LogP contribution in [0.3, 0.4) is 0 Å². The van der Waals surface area contributed by atoms with Gasteiger partial charge in [0.15, 0.2) is 6.01 Å². The van der Waals surface area contributed by atoms with Crippen LogP contribution in [-0.4, -0.2) is 14.4 Å². The van der Waals surface area contributed by atoms with Crippen LogP contribution < -0.4 is 0 Å². The molecule has 0 saturated carbocycles. The standard InChI is InChI=1S/C2H4FO2S/c1-6(4,5)2-3/h1-2H2/q-1. The Balaban J connectivity index is 3.85. The topological polar surface area (TPSA) is 34.1 Å². The summed E-state index contributed by atoms with van der Waals surface area (Å²) >= 11 is 0. The molecule has 4 heteroatoms. The van der Waals surface area contributed by atoms with E-state index in [1.54, 1.807) is 0 Å². The van der Waals surface area contributed by atoms with E-state index in [0.29, 0.717) is 0 Å². The van der Waals surface area contributed by atoms with E-state index >= 15 is 0 Å². The lowest BCUT2D eigenvalue weighted by molar-refractivity contribution is 0.541. The van der Waals surface area contributed by atoms with Gasteiger partial charge in [-0.3, -0.25) is 8.42 Å². The normalized spacial score (nSPS) is 11.7. The number of hydrogen-bond acceptors (Lipinski definition) is 2. The van der Waals surface area contributed by atoms with Gasteiger partial charge in [-0.1, -0.05) is 0 Å². The first kappa shape index (κ1) is 5.88. The maximum atomic E-state index is 10.8. The third-order valence-corrected chi connectivity index (χ3v) is 0.499. The molecule has 0 heterocycles. The van der Waals surface area contributed by atoms with Gasteiger partial charge in [0, 0.05) is 0 Å². The Morgan fingerprint density at radius 2 is 1.83 bits per heavy atom. The maximum absolute atomic E-state index is 10.8. The third-order valence-electron chi connectivity index (χ3n) is 0.166. The predicted octanol–water partition coefficient (Wildman–Crippen LogP) is 0.120. The Labute approximate surface area is 35.9 Å². The average Bonchev–Trinajstić information content (AvgIpc) is 1.35. The molecular weight excluding hydrogens is 107 g/mol. The molecule has 0 aliphatic carbocycles. The van der Waals surface area contributed by atoms with Gasteiger partial charge in [-0.2, -0.15) is 0 Å². The molecule has 0 aromatic heterocycles. The molecule has 38 valence electrons. The van der Waals surface area contributed by atoms with Gasteiger partial charge in [-0.15, -0.1) is 0 Å². The van der Waals surface area contributed by atoms with Gasteiger partial charge < -0.3 is 0 Å². The summed E-state index contributed by atoms with van der Waals surface area (Å²) in [5, 5.41) is 0. The van der Waals surface area contributed by atoms with Crippen molar-refractivity contribution in [3.8, 4) is 0 Å². The van der Waals surface area contributed by atoms with Crippen LogP contribution in [0.15, 0.2) is 0 Å². The number of rotatable bonds is 1. The molecule has 0 fully saturated rings. The zero-order valence-corrected chi connectivity index (χ0v) is 3.83. The van der Waals surface area contributed by atoms with Gasteiger partial charge in [0.2, 0.25) is 0 Å². The second-order valence-electron chi connectivity index (χ2n) is 0.853. The highest BCUT2D eigenvalue weighted by Gasteiger charge is 1.85. The number of sulfone groups is 1. The minimum absolute atomic E-state index is 1.37. The minimum atomic E-state index is -3.58. The summed E-state index contributed by atoms with van der Waals surface area (Å²) in [7, 11) is -3.58. The van der Waals surface area contributed by atoms with Gasteiger partial charge in [0.05, 0.1) is 9.84 Å². The molecule has 0 atom stereocenters. The fraction of sp³-hybridized carbons (Fsp3) is 0.500. The van der Waals surface area contributed by atoms with Crippen LogP contribution in [0.2, 0.25) is 0 Å². The quantitative estimate of drug-likeness (QED) is 0.450. The monoisotopic (exact) mass is 111 g/mol. The second kappa shape index (κ2) is 1.55. The van der Waals surface area contributed by atoms with Crippen molar-refractivity contribution in [3.05, 3.63) is 6.26 Å². The highest BCUT2D eigenvalue weighted by molar-refractivity contribution is 7.92. The molecule has 0 aromatic rings. The number of halogens is 1. The molecule has 0 aromatic carbocycles. The molecule has 6 heavy (non-hydrogen) atoms. The van der Waals surface area contributed by atoms with Crippen molar-refractivity contribution in [3.63, 3.8) is 0 Å². The van der Waals surface area contributed by atoms with Crippen LogP contribution in [0.1, 0.15) is 0 Å². The zero-order chi connectivity index (χ0) is 5.21. The van der Waals surface area contributed by atoms with Crippen LogP contribution in [0, 0.1) is 6.26 Å². The molecule has 0 rings (SSSR count). The summed E-state index contributed by atoms with van der Waals surface area (Å²) in [6.07, 6.45) is 2.49. The highest BCUT2D eigenvalue weighted by atomic mass is 32.2. The van der Waals surface area contributed by atoms with E-state index in [0.717, 1.165) is 0 Å². The largest absolute Gasteiger partial charge is 0.260 e. The van der Waals surface area contributed by atoms with Crippen LogP contribution in [0.25, 0.3) is 0 Å². The molecular formula is C2H4FO2S-. The molecule has 0 unspecified atom stereocenters. The van der Waals surface area contributed by atoms with Gasteiger partial charge in [0.1, 0.15) is 0 Å². The molecule has 0 spiro atoms. The number of hydrogen-bond donors (Lipinski definition) is 0. The Bertz CT molecular complexity index is 114. The van der Waals surface area contributed by atoms with E-state index in [9.17, 15) is 12.8 Å². The first-order valence-corrected chi connectivity index (χ1v) is 3.00. The van der Waals surface area contributed by atoms with Crippen molar-refractivity contribution >= 4 is 9.84 Å². The van der Waals surface area contributed by atoms with E-state index in [1.807, 2.05) is 0 Å². The van der Waals surface area contributed by atoms with E-state index in [-0.39, 0.29) is 0 Å². The van der Waals surface area contributed by atoms with E-state index in [1.165, 1.54) is 0 Å². The Kier molecular flexibility index (Phi) is 1.52. The third kappa shape index (κ3) is 3.88. The molecule has 0 bridgehead atoms. The van der Waals surface area contributed by atoms with Gasteiger partial charge in [0.25, 0.3) is 0 Å². The summed E-state index contributed by atoms with van der Waals surface area (Å²) in [4.78, 5) is 0. The molecule has 2 nitrogen and oxygen atoms in total. The molecule has 0 radical (unpaired) electrons. The van der Waals surface area contributed by atoms with Gasteiger partial charge >= 0.3 is 0 Å². The molecule has 0 aliphatic rings. The first-order chi connectivity index (χ1) is 2.56. The number of alkyl halides is 1. The summed E-state index contributed by atoms with van der Waals surface area (Å²) in [6, 6.07) is -1.37. The first-order valence-electron chi connectivity index (χ1n) is 1.18. The van der Waals surface area contributed by atoms with Crippen LogP contribution >= 0.6 is 0 Å². The maximum Gasteiger partial charge on any atom is 0.162 e. The van der Waals surface area contributed by atoms with Crippen molar-refractivity contribution < 1.29 is 12.8 Å². The van der Waals surface area contributed by atoms with Crippen molar-refractivity contribution in [2.75, 3.05) is 6.01 Å². The fourth-order valence-corrected chi connectivity index (χ4v) is 0. The smallest absolute Gasteiger partial charge is 0.162 e. The Morgan fingerprint density at radius 3 is 1.83 bits per heavy atom. The Morgan fingerprint density at radius 1 is 1.67 bits per heavy atom. The van der Waals surface area contributed by atoms with Crippen molar-refractivity contribution in [2.24, 2.45) is 0 Å². The highest BCUT2D eigenvalue weighted by Crippen LogP contribution is 1.81. The molecule has 0 N–H and O–H groups in total.